The smallest absolute Gasteiger partial charge is 0.290 e. The van der Waals surface area contributed by atoms with Crippen LogP contribution in [0, 0.1) is 10.7 Å². The molecule has 3 heterocycles. The number of methoxy groups -OCH3 is 1. The maximum Gasteiger partial charge on any atom is 0.290 e. The average molecular weight is 501 g/mol. The van der Waals surface area contributed by atoms with Crippen molar-refractivity contribution < 1.29 is 13.5 Å². The van der Waals surface area contributed by atoms with E-state index in [4.69, 9.17) is 33.0 Å². The molecule has 0 saturated heterocycles. The van der Waals surface area contributed by atoms with E-state index in [-0.39, 0.29) is 15.9 Å². The van der Waals surface area contributed by atoms with E-state index >= 15 is 0 Å². The molecule has 0 atom stereocenters. The summed E-state index contributed by atoms with van der Waals surface area (Å²) in [4.78, 5) is 23.6. The van der Waals surface area contributed by atoms with E-state index in [1.807, 2.05) is 30.1 Å². The van der Waals surface area contributed by atoms with Crippen molar-refractivity contribution in [3.63, 3.8) is 0 Å². The summed E-state index contributed by atoms with van der Waals surface area (Å²) in [6.07, 6.45) is 1.46. The van der Waals surface area contributed by atoms with Gasteiger partial charge in [0.25, 0.3) is 10.4 Å². The van der Waals surface area contributed by atoms with Crippen LogP contribution in [0.3, 0.4) is 0 Å². The third-order valence-corrected chi connectivity index (χ3v) is 6.65. The van der Waals surface area contributed by atoms with E-state index in [1.54, 1.807) is 12.1 Å². The van der Waals surface area contributed by atoms with Gasteiger partial charge in [-0.2, -0.15) is 0 Å². The zero-order valence-electron chi connectivity index (χ0n) is 17.2. The highest BCUT2D eigenvalue weighted by Gasteiger charge is 2.18. The fourth-order valence-electron chi connectivity index (χ4n) is 3.43. The lowest BCUT2D eigenvalue weighted by Crippen LogP contribution is -2.20. The SMILES string of the molecule is COc1ccnc2c(=O)n(-c3nc4ccc(N(C)c5ccc(F)cc5Cl)cc4s3)c(=S)oc12. The molecule has 5 rings (SSSR count). The zero-order valence-corrected chi connectivity index (χ0v) is 19.6. The van der Waals surface area contributed by atoms with E-state index in [0.29, 0.717) is 27.1 Å². The third kappa shape index (κ3) is 3.65. The molecule has 0 unspecified atom stereocenters. The van der Waals surface area contributed by atoms with E-state index in [9.17, 15) is 9.18 Å². The Bertz CT molecular complexity index is 1660. The van der Waals surface area contributed by atoms with Gasteiger partial charge in [-0.1, -0.05) is 22.9 Å². The van der Waals surface area contributed by atoms with Crippen molar-refractivity contribution in [2.24, 2.45) is 0 Å². The summed E-state index contributed by atoms with van der Waals surface area (Å²) in [6.45, 7) is 0. The number of aromatic nitrogens is 3. The van der Waals surface area contributed by atoms with Crippen molar-refractivity contribution in [2.75, 3.05) is 19.1 Å². The number of thiazole rings is 1. The van der Waals surface area contributed by atoms with Crippen molar-refractivity contribution >= 4 is 67.8 Å². The fourth-order valence-corrected chi connectivity index (χ4v) is 5.03. The lowest BCUT2D eigenvalue weighted by molar-refractivity contribution is 0.404. The molecule has 11 heteroatoms. The molecule has 0 aliphatic carbocycles. The fraction of sp³-hybridized carbons (Fsp3) is 0.0909. The van der Waals surface area contributed by atoms with Crippen molar-refractivity contribution in [3.05, 3.63) is 74.7 Å². The topological polar surface area (TPSA) is 73.4 Å². The summed E-state index contributed by atoms with van der Waals surface area (Å²) in [5.74, 6) is -0.0375. The number of anilines is 2. The van der Waals surface area contributed by atoms with Gasteiger partial charge < -0.3 is 14.1 Å². The van der Waals surface area contributed by atoms with Crippen LogP contribution in [-0.4, -0.2) is 28.7 Å². The summed E-state index contributed by atoms with van der Waals surface area (Å²) in [7, 11) is 3.30. The molecule has 0 aliphatic heterocycles. The molecule has 0 fully saturated rings. The molecule has 0 saturated carbocycles. The normalized spacial score (nSPS) is 11.3. The highest BCUT2D eigenvalue weighted by Crippen LogP contribution is 2.34. The van der Waals surface area contributed by atoms with Gasteiger partial charge in [0.05, 0.1) is 28.0 Å². The maximum absolute atomic E-state index is 13.4. The Morgan fingerprint density at radius 1 is 1.24 bits per heavy atom. The molecule has 5 aromatic rings. The molecule has 0 spiro atoms. The van der Waals surface area contributed by atoms with Gasteiger partial charge in [0.1, 0.15) is 5.82 Å². The first kappa shape index (κ1) is 21.5. The van der Waals surface area contributed by atoms with Gasteiger partial charge in [-0.25, -0.2) is 18.9 Å². The van der Waals surface area contributed by atoms with Crippen molar-refractivity contribution in [1.29, 1.82) is 0 Å². The summed E-state index contributed by atoms with van der Waals surface area (Å²) in [5, 5.41) is 0.653. The first-order chi connectivity index (χ1) is 15.9. The minimum Gasteiger partial charge on any atom is -0.493 e. The number of hydrogen-bond acceptors (Lipinski definition) is 8. The number of benzene rings is 2. The van der Waals surface area contributed by atoms with Gasteiger partial charge in [0, 0.05) is 25.0 Å². The molecule has 0 amide bonds. The molecular weight excluding hydrogens is 487 g/mol. The Hall–Kier alpha value is -3.34. The summed E-state index contributed by atoms with van der Waals surface area (Å²) in [6, 6.07) is 11.4. The number of pyridine rings is 1. The predicted molar refractivity (Wildman–Crippen MR) is 130 cm³/mol. The van der Waals surface area contributed by atoms with Crippen LogP contribution in [0.4, 0.5) is 15.8 Å². The van der Waals surface area contributed by atoms with Gasteiger partial charge in [-0.3, -0.25) is 4.79 Å². The Kier molecular flexibility index (Phi) is 5.35. The average Bonchev–Trinajstić information content (AvgIpc) is 3.21. The molecule has 0 aliphatic rings. The van der Waals surface area contributed by atoms with E-state index in [0.717, 1.165) is 10.4 Å². The quantitative estimate of drug-likeness (QED) is 0.285. The molecule has 2 aromatic carbocycles. The zero-order chi connectivity index (χ0) is 23.3. The first-order valence-electron chi connectivity index (χ1n) is 9.56. The van der Waals surface area contributed by atoms with Crippen LogP contribution < -0.4 is 15.2 Å². The van der Waals surface area contributed by atoms with Gasteiger partial charge >= 0.3 is 0 Å². The molecule has 166 valence electrons. The standard InChI is InChI=1S/C22H14ClFN4O3S2/c1-27(15-6-3-11(24)9-13(15)23)12-4-5-14-17(10-12)33-21(26-14)28-20(29)18-19(31-22(28)32)16(30-2)7-8-25-18/h3-10H,1-2H3. The largest absolute Gasteiger partial charge is 0.493 e. The number of halogens is 2. The Labute approximate surface area is 200 Å². The Morgan fingerprint density at radius 2 is 2.06 bits per heavy atom. The first-order valence-corrected chi connectivity index (χ1v) is 11.2. The lowest BCUT2D eigenvalue weighted by Gasteiger charge is -2.20. The van der Waals surface area contributed by atoms with E-state index in [2.05, 4.69) is 9.97 Å². The van der Waals surface area contributed by atoms with Crippen LogP contribution in [-0.2, 0) is 0 Å². The molecule has 33 heavy (non-hydrogen) atoms. The van der Waals surface area contributed by atoms with Crippen LogP contribution in [0.1, 0.15) is 0 Å². The Morgan fingerprint density at radius 3 is 2.82 bits per heavy atom. The number of nitrogens with zero attached hydrogens (tertiary/aromatic N) is 4. The second-order valence-corrected chi connectivity index (χ2v) is 8.77. The van der Waals surface area contributed by atoms with Crippen LogP contribution in [0.25, 0.3) is 26.4 Å². The van der Waals surface area contributed by atoms with Crippen molar-refractivity contribution in [3.8, 4) is 10.9 Å². The molecule has 0 bridgehead atoms. The maximum atomic E-state index is 13.4. The van der Waals surface area contributed by atoms with Gasteiger partial charge in [0.15, 0.2) is 11.3 Å². The number of fused-ring (bicyclic) bond motifs is 2. The van der Waals surface area contributed by atoms with E-state index in [1.165, 1.54) is 41.3 Å². The summed E-state index contributed by atoms with van der Waals surface area (Å²) in [5.41, 5.74) is 1.97. The van der Waals surface area contributed by atoms with Crippen LogP contribution in [0.15, 0.2) is 57.9 Å². The number of ether oxygens (including phenoxy) is 1. The molecular formula is C22H14ClFN4O3S2. The Balaban J connectivity index is 1.62. The molecule has 7 nitrogen and oxygen atoms in total. The highest BCUT2D eigenvalue weighted by atomic mass is 35.5. The minimum atomic E-state index is -0.449. The number of hydrogen-bond donors (Lipinski definition) is 0. The summed E-state index contributed by atoms with van der Waals surface area (Å²) < 4.78 is 26.4. The van der Waals surface area contributed by atoms with Crippen LogP contribution >= 0.6 is 35.2 Å². The second kappa shape index (κ2) is 8.22. The van der Waals surface area contributed by atoms with Crippen molar-refractivity contribution in [2.45, 2.75) is 0 Å². The third-order valence-electron chi connectivity index (χ3n) is 5.08. The van der Waals surface area contributed by atoms with E-state index < -0.39 is 11.4 Å². The number of rotatable bonds is 4. The lowest BCUT2D eigenvalue weighted by atomic mass is 10.2. The van der Waals surface area contributed by atoms with Gasteiger partial charge in [-0.15, -0.1) is 0 Å². The van der Waals surface area contributed by atoms with Gasteiger partial charge in [-0.05, 0) is 48.6 Å². The summed E-state index contributed by atoms with van der Waals surface area (Å²) >= 11 is 12.8. The van der Waals surface area contributed by atoms with Crippen LogP contribution in [0.2, 0.25) is 5.02 Å². The predicted octanol–water partition coefficient (Wildman–Crippen LogP) is 5.89. The second-order valence-electron chi connectivity index (χ2n) is 7.00. The highest BCUT2D eigenvalue weighted by molar-refractivity contribution is 7.71. The monoisotopic (exact) mass is 500 g/mol. The van der Waals surface area contributed by atoms with Gasteiger partial charge in [0.2, 0.25) is 10.7 Å². The molecule has 0 N–H and O–H groups in total. The van der Waals surface area contributed by atoms with Crippen molar-refractivity contribution in [1.82, 2.24) is 14.5 Å². The molecule has 3 aromatic heterocycles. The molecule has 0 radical (unpaired) electrons. The van der Waals surface area contributed by atoms with Crippen LogP contribution in [0.5, 0.6) is 5.75 Å². The minimum absolute atomic E-state index is 0.0618.